The fourth-order valence-electron chi connectivity index (χ4n) is 2.43. The SMILES string of the molecule is CCN(CC)S(=O)(=O)c1cccc(C(=O)Nc2ccc(C)cc2F)c1. The summed E-state index contributed by atoms with van der Waals surface area (Å²) in [6.07, 6.45) is 0. The largest absolute Gasteiger partial charge is 0.319 e. The molecule has 0 aliphatic rings. The Kier molecular flexibility index (Phi) is 5.92. The highest BCUT2D eigenvalue weighted by molar-refractivity contribution is 7.89. The van der Waals surface area contributed by atoms with E-state index in [0.717, 1.165) is 5.56 Å². The number of benzene rings is 2. The molecule has 7 heteroatoms. The molecule has 0 aromatic heterocycles. The summed E-state index contributed by atoms with van der Waals surface area (Å²) in [5.74, 6) is -1.11. The first-order valence-electron chi connectivity index (χ1n) is 7.97. The Balaban J connectivity index is 2.30. The van der Waals surface area contributed by atoms with Gasteiger partial charge in [0.05, 0.1) is 10.6 Å². The molecule has 2 aromatic rings. The van der Waals surface area contributed by atoms with E-state index in [1.54, 1.807) is 26.8 Å². The molecule has 0 unspecified atom stereocenters. The van der Waals surface area contributed by atoms with Crippen LogP contribution in [-0.2, 0) is 10.0 Å². The van der Waals surface area contributed by atoms with Gasteiger partial charge in [0.25, 0.3) is 5.91 Å². The average Bonchev–Trinajstić information content (AvgIpc) is 2.58. The van der Waals surface area contributed by atoms with Crippen LogP contribution in [0.5, 0.6) is 0 Å². The first kappa shape index (κ1) is 19.1. The third-order valence-corrected chi connectivity index (χ3v) is 5.86. The van der Waals surface area contributed by atoms with Crippen LogP contribution in [0.25, 0.3) is 0 Å². The molecule has 5 nitrogen and oxygen atoms in total. The molecule has 25 heavy (non-hydrogen) atoms. The average molecular weight is 364 g/mol. The highest BCUT2D eigenvalue weighted by Gasteiger charge is 2.22. The Morgan fingerprint density at radius 1 is 1.12 bits per heavy atom. The van der Waals surface area contributed by atoms with Gasteiger partial charge < -0.3 is 5.32 Å². The lowest BCUT2D eigenvalue weighted by atomic mass is 10.2. The van der Waals surface area contributed by atoms with E-state index >= 15 is 0 Å². The van der Waals surface area contributed by atoms with Crippen molar-refractivity contribution in [2.75, 3.05) is 18.4 Å². The van der Waals surface area contributed by atoms with Gasteiger partial charge >= 0.3 is 0 Å². The summed E-state index contributed by atoms with van der Waals surface area (Å²) < 4.78 is 40.3. The number of aryl methyl sites for hydroxylation is 1. The molecule has 0 spiro atoms. The van der Waals surface area contributed by atoms with Gasteiger partial charge in [-0.15, -0.1) is 0 Å². The minimum absolute atomic E-state index is 0.0354. The molecule has 134 valence electrons. The summed E-state index contributed by atoms with van der Waals surface area (Å²) in [5, 5.41) is 2.47. The van der Waals surface area contributed by atoms with E-state index in [-0.39, 0.29) is 16.1 Å². The molecule has 0 heterocycles. The first-order chi connectivity index (χ1) is 11.8. The molecular weight excluding hydrogens is 343 g/mol. The predicted octanol–water partition coefficient (Wildman–Crippen LogP) is 3.42. The van der Waals surface area contributed by atoms with Crippen molar-refractivity contribution in [3.63, 3.8) is 0 Å². The second-order valence-electron chi connectivity index (χ2n) is 5.55. The van der Waals surface area contributed by atoms with Crippen LogP contribution < -0.4 is 5.32 Å². The molecule has 2 aromatic carbocycles. The third kappa shape index (κ3) is 4.24. The monoisotopic (exact) mass is 364 g/mol. The summed E-state index contributed by atoms with van der Waals surface area (Å²) in [7, 11) is -3.66. The van der Waals surface area contributed by atoms with E-state index in [9.17, 15) is 17.6 Å². The first-order valence-corrected chi connectivity index (χ1v) is 9.41. The lowest BCUT2D eigenvalue weighted by Gasteiger charge is -2.18. The highest BCUT2D eigenvalue weighted by Crippen LogP contribution is 2.19. The van der Waals surface area contributed by atoms with Gasteiger partial charge in [-0.1, -0.05) is 26.0 Å². The van der Waals surface area contributed by atoms with Crippen LogP contribution in [0, 0.1) is 12.7 Å². The van der Waals surface area contributed by atoms with Gasteiger partial charge in [0.2, 0.25) is 10.0 Å². The second-order valence-corrected chi connectivity index (χ2v) is 7.49. The zero-order chi connectivity index (χ0) is 18.6. The number of hydrogen-bond donors (Lipinski definition) is 1. The van der Waals surface area contributed by atoms with Gasteiger partial charge in [-0.2, -0.15) is 4.31 Å². The molecule has 0 radical (unpaired) electrons. The molecule has 0 fully saturated rings. The standard InChI is InChI=1S/C18H21FN2O3S/c1-4-21(5-2)25(23,24)15-8-6-7-14(12-15)18(22)20-17-10-9-13(3)11-16(17)19/h6-12H,4-5H2,1-3H3,(H,20,22). The van der Waals surface area contributed by atoms with Gasteiger partial charge in [-0.3, -0.25) is 4.79 Å². The second kappa shape index (κ2) is 7.76. The topological polar surface area (TPSA) is 66.5 Å². The Hall–Kier alpha value is -2.25. The maximum atomic E-state index is 13.9. The van der Waals surface area contributed by atoms with E-state index in [2.05, 4.69) is 5.32 Å². The van der Waals surface area contributed by atoms with Crippen LogP contribution >= 0.6 is 0 Å². The number of hydrogen-bond acceptors (Lipinski definition) is 3. The number of carbonyl (C=O) groups is 1. The van der Waals surface area contributed by atoms with Crippen LogP contribution in [0.15, 0.2) is 47.4 Å². The van der Waals surface area contributed by atoms with Crippen molar-refractivity contribution in [2.45, 2.75) is 25.7 Å². The molecule has 1 amide bonds. The van der Waals surface area contributed by atoms with Crippen molar-refractivity contribution in [1.29, 1.82) is 0 Å². The van der Waals surface area contributed by atoms with Crippen LogP contribution in [-0.4, -0.2) is 31.7 Å². The van der Waals surface area contributed by atoms with Crippen molar-refractivity contribution in [3.8, 4) is 0 Å². The molecule has 0 atom stereocenters. The number of halogens is 1. The molecule has 1 N–H and O–H groups in total. The fourth-order valence-corrected chi connectivity index (χ4v) is 3.93. The fraction of sp³-hybridized carbons (Fsp3) is 0.278. The number of amides is 1. The normalized spacial score (nSPS) is 11.6. The van der Waals surface area contributed by atoms with E-state index in [1.807, 2.05) is 0 Å². The smallest absolute Gasteiger partial charge is 0.255 e. The predicted molar refractivity (Wildman–Crippen MR) is 95.6 cm³/mol. The van der Waals surface area contributed by atoms with E-state index in [4.69, 9.17) is 0 Å². The Bertz CT molecular complexity index is 878. The van der Waals surface area contributed by atoms with Crippen molar-refractivity contribution >= 4 is 21.6 Å². The number of nitrogens with zero attached hydrogens (tertiary/aromatic N) is 1. The van der Waals surface area contributed by atoms with E-state index in [0.29, 0.717) is 13.1 Å². The van der Waals surface area contributed by atoms with Crippen molar-refractivity contribution < 1.29 is 17.6 Å². The zero-order valence-corrected chi connectivity index (χ0v) is 15.2. The van der Waals surface area contributed by atoms with E-state index in [1.165, 1.54) is 40.7 Å². The maximum Gasteiger partial charge on any atom is 0.255 e. The minimum atomic E-state index is -3.66. The Morgan fingerprint density at radius 2 is 1.80 bits per heavy atom. The third-order valence-electron chi connectivity index (χ3n) is 3.81. The molecule has 0 aliphatic carbocycles. The summed E-state index contributed by atoms with van der Waals surface area (Å²) in [6, 6.07) is 10.2. The quantitative estimate of drug-likeness (QED) is 0.854. The van der Waals surface area contributed by atoms with Crippen molar-refractivity contribution in [2.24, 2.45) is 0 Å². The Morgan fingerprint density at radius 3 is 2.40 bits per heavy atom. The van der Waals surface area contributed by atoms with Crippen LogP contribution in [0.2, 0.25) is 0 Å². The molecule has 0 aliphatic heterocycles. The number of sulfonamides is 1. The molecule has 2 rings (SSSR count). The van der Waals surface area contributed by atoms with Crippen molar-refractivity contribution in [3.05, 3.63) is 59.4 Å². The number of anilines is 1. The lowest BCUT2D eigenvalue weighted by molar-refractivity contribution is 0.102. The van der Waals surface area contributed by atoms with E-state index < -0.39 is 21.7 Å². The molecular formula is C18H21FN2O3S. The molecule has 0 bridgehead atoms. The minimum Gasteiger partial charge on any atom is -0.319 e. The summed E-state index contributed by atoms with van der Waals surface area (Å²) in [5.41, 5.74) is 0.934. The van der Waals surface area contributed by atoms with Crippen LogP contribution in [0.4, 0.5) is 10.1 Å². The lowest BCUT2D eigenvalue weighted by Crippen LogP contribution is -2.30. The Labute approximate surface area is 147 Å². The van der Waals surface area contributed by atoms with Gasteiger partial charge in [-0.25, -0.2) is 12.8 Å². The van der Waals surface area contributed by atoms with Crippen LogP contribution in [0.3, 0.4) is 0 Å². The number of carbonyl (C=O) groups excluding carboxylic acids is 1. The highest BCUT2D eigenvalue weighted by atomic mass is 32.2. The van der Waals surface area contributed by atoms with Gasteiger partial charge in [0.15, 0.2) is 0 Å². The van der Waals surface area contributed by atoms with Gasteiger partial charge in [-0.05, 0) is 42.8 Å². The molecule has 0 saturated heterocycles. The number of nitrogens with one attached hydrogen (secondary N) is 1. The van der Waals surface area contributed by atoms with Crippen molar-refractivity contribution in [1.82, 2.24) is 4.31 Å². The summed E-state index contributed by atoms with van der Waals surface area (Å²) in [4.78, 5) is 12.4. The van der Waals surface area contributed by atoms with Gasteiger partial charge in [0.1, 0.15) is 5.82 Å². The summed E-state index contributed by atoms with van der Waals surface area (Å²) in [6.45, 7) is 5.92. The summed E-state index contributed by atoms with van der Waals surface area (Å²) >= 11 is 0. The molecule has 0 saturated carbocycles. The van der Waals surface area contributed by atoms with Gasteiger partial charge in [0, 0.05) is 18.7 Å². The zero-order valence-electron chi connectivity index (χ0n) is 14.4. The van der Waals surface area contributed by atoms with Crippen LogP contribution in [0.1, 0.15) is 29.8 Å². The number of rotatable bonds is 6. The maximum absolute atomic E-state index is 13.9.